The largest absolute Gasteiger partial charge is 0.508 e. The van der Waals surface area contributed by atoms with Gasteiger partial charge in [-0.2, -0.15) is 5.26 Å². The number of phenols is 1. The Hall–Kier alpha value is -2.84. The molecule has 4 aliphatic carbocycles. The van der Waals surface area contributed by atoms with Gasteiger partial charge in [0.25, 0.3) is 0 Å². The Kier molecular flexibility index (Phi) is 5.29. The van der Waals surface area contributed by atoms with Crippen LogP contribution >= 0.6 is 0 Å². The number of ether oxygens (including phenoxy) is 1. The summed E-state index contributed by atoms with van der Waals surface area (Å²) in [6.07, 6.45) is 6.54. The van der Waals surface area contributed by atoms with Crippen LogP contribution in [0.2, 0.25) is 0 Å². The Labute approximate surface area is 213 Å². The number of phenolic OH excluding ortho intramolecular Hbond substituents is 1. The Bertz CT molecular complexity index is 1280. The monoisotopic (exact) mass is 485 g/mol. The van der Waals surface area contributed by atoms with E-state index in [2.05, 4.69) is 25.1 Å². The van der Waals surface area contributed by atoms with Crippen molar-refractivity contribution in [2.75, 3.05) is 6.61 Å². The van der Waals surface area contributed by atoms with Crippen LogP contribution in [-0.4, -0.2) is 22.8 Å². The van der Waals surface area contributed by atoms with E-state index >= 15 is 0 Å². The Balaban J connectivity index is 1.31. The summed E-state index contributed by atoms with van der Waals surface area (Å²) in [5.74, 6) is 1.38. The number of benzene rings is 2. The predicted octanol–water partition coefficient (Wildman–Crippen LogP) is 5.31. The van der Waals surface area contributed by atoms with Crippen molar-refractivity contribution in [2.45, 2.75) is 76.7 Å². The molecular formula is C31H35NO4. The minimum atomic E-state index is -1.16. The maximum absolute atomic E-state index is 12.6. The molecule has 6 rings (SSSR count). The third-order valence-corrected chi connectivity index (χ3v) is 10.4. The Morgan fingerprint density at radius 1 is 1.08 bits per heavy atom. The van der Waals surface area contributed by atoms with Crippen molar-refractivity contribution in [3.8, 4) is 11.8 Å². The Morgan fingerprint density at radius 2 is 1.89 bits per heavy atom. The zero-order chi connectivity index (χ0) is 25.3. The summed E-state index contributed by atoms with van der Waals surface area (Å²) in [4.78, 5) is 12.6. The van der Waals surface area contributed by atoms with Crippen molar-refractivity contribution in [1.82, 2.24) is 0 Å². The highest BCUT2D eigenvalue weighted by atomic mass is 16.5. The highest BCUT2D eigenvalue weighted by Crippen LogP contribution is 2.67. The minimum Gasteiger partial charge on any atom is -0.508 e. The SMILES string of the molecule is CCOC(=O)C1(C#N)Cc2ccc([C@]3(O)CC[C@H]4[C@@H]5CCc6cc(O)ccc6[C@H]5CC[C@@]43C)cc2C1. The molecule has 2 aromatic rings. The van der Waals surface area contributed by atoms with Gasteiger partial charge in [-0.25, -0.2) is 0 Å². The number of carbonyl (C=O) groups excluding carboxylic acids is 1. The second-order valence-corrected chi connectivity index (χ2v) is 11.9. The van der Waals surface area contributed by atoms with Crippen molar-refractivity contribution in [3.05, 3.63) is 64.2 Å². The van der Waals surface area contributed by atoms with E-state index < -0.39 is 17.0 Å². The number of rotatable bonds is 3. The average molecular weight is 486 g/mol. The third kappa shape index (κ3) is 3.13. The van der Waals surface area contributed by atoms with Gasteiger partial charge in [0, 0.05) is 18.3 Å². The molecule has 36 heavy (non-hydrogen) atoms. The standard InChI is InChI=1S/C31H35NO4/c1-3-36-28(34)30(18-32)16-20-4-6-22(14-21(20)17-30)31(35)13-11-27-26-8-5-19-15-23(33)7-9-24(19)25(26)10-12-29(27,31)2/h4,6-7,9,14-15,25-27,33,35H,3,5,8,10-13,16-17H2,1-2H3/t25-,26-,27+,29+,30?,31-/m1/s1. The molecule has 2 saturated carbocycles. The number of carbonyl (C=O) groups is 1. The molecule has 0 spiro atoms. The van der Waals surface area contributed by atoms with Gasteiger partial charge in [-0.3, -0.25) is 4.79 Å². The first kappa shape index (κ1) is 23.6. The second kappa shape index (κ2) is 8.08. The zero-order valence-corrected chi connectivity index (χ0v) is 21.2. The highest BCUT2D eigenvalue weighted by Gasteiger charge is 2.62. The lowest BCUT2D eigenvalue weighted by molar-refractivity contribution is -0.151. The smallest absolute Gasteiger partial charge is 0.327 e. The van der Waals surface area contributed by atoms with Gasteiger partial charge in [-0.05, 0) is 103 Å². The van der Waals surface area contributed by atoms with Crippen LogP contribution in [0.3, 0.4) is 0 Å². The van der Waals surface area contributed by atoms with Crippen LogP contribution in [0.5, 0.6) is 5.75 Å². The first-order valence-corrected chi connectivity index (χ1v) is 13.5. The molecule has 0 heterocycles. The fourth-order valence-electron chi connectivity index (χ4n) is 8.53. The molecule has 5 heteroatoms. The molecule has 2 fully saturated rings. The summed E-state index contributed by atoms with van der Waals surface area (Å²) in [6.45, 7) is 4.31. The summed E-state index contributed by atoms with van der Waals surface area (Å²) in [7, 11) is 0. The van der Waals surface area contributed by atoms with E-state index in [1.54, 1.807) is 6.92 Å². The number of hydrogen-bond donors (Lipinski definition) is 2. The molecule has 2 N–H and O–H groups in total. The van der Waals surface area contributed by atoms with Crippen LogP contribution < -0.4 is 0 Å². The van der Waals surface area contributed by atoms with E-state index in [1.807, 2.05) is 24.3 Å². The third-order valence-electron chi connectivity index (χ3n) is 10.4. The highest BCUT2D eigenvalue weighted by molar-refractivity contribution is 5.82. The number of hydrogen-bond acceptors (Lipinski definition) is 5. The summed E-state index contributed by atoms with van der Waals surface area (Å²) in [5.41, 5.74) is 3.31. The molecule has 0 saturated heterocycles. The van der Waals surface area contributed by atoms with Crippen molar-refractivity contribution < 1.29 is 19.7 Å². The van der Waals surface area contributed by atoms with Crippen molar-refractivity contribution in [2.24, 2.45) is 22.7 Å². The lowest BCUT2D eigenvalue weighted by Crippen LogP contribution is -2.49. The van der Waals surface area contributed by atoms with E-state index in [-0.39, 0.29) is 12.0 Å². The predicted molar refractivity (Wildman–Crippen MR) is 135 cm³/mol. The lowest BCUT2D eigenvalue weighted by Gasteiger charge is -2.53. The fraction of sp³-hybridized carbons (Fsp3) is 0.548. The number of nitriles is 1. The van der Waals surface area contributed by atoms with Gasteiger partial charge >= 0.3 is 5.97 Å². The van der Waals surface area contributed by atoms with E-state index in [1.165, 1.54) is 11.1 Å². The van der Waals surface area contributed by atoms with Crippen LogP contribution in [-0.2, 0) is 34.4 Å². The first-order chi connectivity index (χ1) is 17.2. The molecule has 0 aliphatic heterocycles. The number of aliphatic hydroxyl groups is 1. The van der Waals surface area contributed by atoms with Crippen LogP contribution in [0, 0.1) is 34.0 Å². The van der Waals surface area contributed by atoms with Crippen LogP contribution in [0.4, 0.5) is 0 Å². The Morgan fingerprint density at radius 3 is 2.67 bits per heavy atom. The number of fused-ring (bicyclic) bond motifs is 6. The van der Waals surface area contributed by atoms with Gasteiger partial charge in [-0.15, -0.1) is 0 Å². The molecule has 0 aromatic heterocycles. The average Bonchev–Trinajstić information content (AvgIpc) is 3.39. The molecule has 6 atom stereocenters. The zero-order valence-electron chi connectivity index (χ0n) is 21.2. The molecule has 0 amide bonds. The molecule has 1 unspecified atom stereocenters. The van der Waals surface area contributed by atoms with Gasteiger partial charge in [-0.1, -0.05) is 31.2 Å². The maximum atomic E-state index is 12.6. The van der Waals surface area contributed by atoms with E-state index in [9.17, 15) is 20.3 Å². The van der Waals surface area contributed by atoms with E-state index in [0.717, 1.165) is 55.2 Å². The summed E-state index contributed by atoms with van der Waals surface area (Å²) < 4.78 is 5.24. The number of esters is 1. The van der Waals surface area contributed by atoms with Crippen molar-refractivity contribution in [3.63, 3.8) is 0 Å². The normalized spacial score (nSPS) is 36.2. The molecule has 2 aromatic carbocycles. The van der Waals surface area contributed by atoms with Crippen LogP contribution in [0.15, 0.2) is 36.4 Å². The van der Waals surface area contributed by atoms with Gasteiger partial charge in [0.2, 0.25) is 0 Å². The molecule has 0 radical (unpaired) electrons. The summed E-state index contributed by atoms with van der Waals surface area (Å²) in [5, 5.41) is 32.2. The number of aromatic hydroxyl groups is 1. The molecule has 5 nitrogen and oxygen atoms in total. The van der Waals surface area contributed by atoms with E-state index in [4.69, 9.17) is 4.74 Å². The molecule has 0 bridgehead atoms. The molecule has 4 aliphatic rings. The number of aryl methyl sites for hydroxylation is 1. The first-order valence-electron chi connectivity index (χ1n) is 13.5. The molecule has 188 valence electrons. The topological polar surface area (TPSA) is 90.6 Å². The maximum Gasteiger partial charge on any atom is 0.327 e. The molecular weight excluding hydrogens is 450 g/mol. The number of nitrogens with zero attached hydrogens (tertiary/aromatic N) is 1. The van der Waals surface area contributed by atoms with Crippen LogP contribution in [0.25, 0.3) is 0 Å². The van der Waals surface area contributed by atoms with Gasteiger partial charge in [0.15, 0.2) is 5.41 Å². The summed E-state index contributed by atoms with van der Waals surface area (Å²) in [6, 6.07) is 14.3. The second-order valence-electron chi connectivity index (χ2n) is 11.9. The van der Waals surface area contributed by atoms with Crippen molar-refractivity contribution in [1.29, 1.82) is 5.26 Å². The van der Waals surface area contributed by atoms with Gasteiger partial charge < -0.3 is 14.9 Å². The lowest BCUT2D eigenvalue weighted by atomic mass is 9.52. The quantitative estimate of drug-likeness (QED) is 0.575. The van der Waals surface area contributed by atoms with Gasteiger partial charge in [0.1, 0.15) is 5.75 Å². The fourth-order valence-corrected chi connectivity index (χ4v) is 8.53. The van der Waals surface area contributed by atoms with Gasteiger partial charge in [0.05, 0.1) is 18.3 Å². The van der Waals surface area contributed by atoms with Crippen molar-refractivity contribution >= 4 is 5.97 Å². The summed E-state index contributed by atoms with van der Waals surface area (Å²) >= 11 is 0. The minimum absolute atomic E-state index is 0.219. The van der Waals surface area contributed by atoms with E-state index in [0.29, 0.717) is 36.3 Å². The van der Waals surface area contributed by atoms with Crippen LogP contribution in [0.1, 0.15) is 79.7 Å².